The van der Waals surface area contributed by atoms with E-state index in [0.29, 0.717) is 11.3 Å². The van der Waals surface area contributed by atoms with E-state index >= 15 is 0 Å². The van der Waals surface area contributed by atoms with Gasteiger partial charge in [0.25, 0.3) is 0 Å². The Labute approximate surface area is 347 Å². The highest BCUT2D eigenvalue weighted by Crippen LogP contribution is 2.46. The summed E-state index contributed by atoms with van der Waals surface area (Å²) < 4.78 is 0. The topological polar surface area (TPSA) is 34.6 Å². The summed E-state index contributed by atoms with van der Waals surface area (Å²) in [6.45, 7) is 7.98. The van der Waals surface area contributed by atoms with E-state index in [2.05, 4.69) is 178 Å². The summed E-state index contributed by atoms with van der Waals surface area (Å²) in [5.41, 5.74) is 7.55. The molecule has 0 unspecified atom stereocenters. The predicted molar refractivity (Wildman–Crippen MR) is 252 cm³/mol. The van der Waals surface area contributed by atoms with Crippen LogP contribution in [-0.4, -0.2) is 0 Å². The first-order chi connectivity index (χ1) is 29.7. The average Bonchev–Trinajstić information content (AvgIpc) is 3.32. The molecule has 0 N–H and O–H groups in total. The lowest BCUT2D eigenvalue weighted by Gasteiger charge is -2.26. The molecule has 0 aliphatic carbocycles. The maximum absolute atomic E-state index is 10.1. The molecule has 4 nitrogen and oxygen atoms in total. The van der Waals surface area contributed by atoms with Crippen LogP contribution < -0.4 is 9.80 Å². The Morgan fingerprint density at radius 3 is 1.03 bits per heavy atom. The lowest BCUT2D eigenvalue weighted by Crippen LogP contribution is -2.09. The number of fused-ring (bicyclic) bond motifs is 12. The van der Waals surface area contributed by atoms with Gasteiger partial charge in [-0.25, -0.2) is 4.85 Å². The Bertz CT molecular complexity index is 3230. The van der Waals surface area contributed by atoms with Gasteiger partial charge in [0.15, 0.2) is 5.69 Å². The molecule has 0 atom stereocenters. The first-order valence-corrected chi connectivity index (χ1v) is 20.0. The number of benzene rings is 11. The molecular formula is C56H34N4. The Balaban J connectivity index is 1.21. The Hall–Kier alpha value is -8.44. The summed E-state index contributed by atoms with van der Waals surface area (Å²) in [5.74, 6) is 0. The lowest BCUT2D eigenvalue weighted by atomic mass is 9.87. The Kier molecular flexibility index (Phi) is 8.22. The zero-order valence-electron chi connectivity index (χ0n) is 32.4. The maximum Gasteiger partial charge on any atom is 0.187 e. The monoisotopic (exact) mass is 762 g/mol. The molecule has 4 heteroatoms. The maximum atomic E-state index is 10.1. The van der Waals surface area contributed by atoms with Gasteiger partial charge in [0, 0.05) is 34.1 Å². The minimum Gasteiger partial charge on any atom is -0.310 e. The Morgan fingerprint density at radius 1 is 0.317 bits per heavy atom. The van der Waals surface area contributed by atoms with E-state index < -0.39 is 0 Å². The molecule has 11 aromatic rings. The molecule has 11 aromatic carbocycles. The lowest BCUT2D eigenvalue weighted by molar-refractivity contribution is 1.29. The minimum atomic E-state index is 0.607. The standard InChI is InChI=1S/C56H34N4/c1-58-38-23-27-46-50(31-38)52-33-44(60(41-18-10-4-11-19-41)42-20-12-5-13-21-42)25-29-48(52)56-34-53-45-26-22-37(36-57)30-49(45)51-32-43(24-28-47(51)55(53)35-54(46)56)59(39-14-6-2-7-15-39)40-16-8-3-9-17-40/h2-35H. The molecule has 60 heavy (non-hydrogen) atoms. The fourth-order valence-corrected chi connectivity index (χ4v) is 9.08. The molecule has 0 bridgehead atoms. The fourth-order valence-electron chi connectivity index (χ4n) is 9.08. The molecule has 0 amide bonds. The number of hydrogen-bond donors (Lipinski definition) is 0. The van der Waals surface area contributed by atoms with Crippen LogP contribution in [0.25, 0.3) is 69.5 Å². The van der Waals surface area contributed by atoms with Gasteiger partial charge >= 0.3 is 0 Å². The van der Waals surface area contributed by atoms with E-state index in [1.807, 2.05) is 48.5 Å². The second-order valence-corrected chi connectivity index (χ2v) is 15.1. The molecule has 0 aromatic heterocycles. The quantitative estimate of drug-likeness (QED) is 0.0961. The van der Waals surface area contributed by atoms with Crippen LogP contribution in [0.5, 0.6) is 0 Å². The molecule has 0 radical (unpaired) electrons. The summed E-state index contributed by atoms with van der Waals surface area (Å²) in [5, 5.41) is 23.3. The van der Waals surface area contributed by atoms with Crippen molar-refractivity contribution in [2.24, 2.45) is 0 Å². The highest BCUT2D eigenvalue weighted by Gasteiger charge is 2.20. The number of anilines is 6. The van der Waals surface area contributed by atoms with Gasteiger partial charge in [-0.2, -0.15) is 5.26 Å². The first kappa shape index (κ1) is 34.8. The zero-order valence-corrected chi connectivity index (χ0v) is 32.4. The van der Waals surface area contributed by atoms with Crippen molar-refractivity contribution in [3.05, 3.63) is 223 Å². The molecule has 0 saturated carbocycles. The Morgan fingerprint density at radius 2 is 0.650 bits per heavy atom. The number of nitrogens with zero attached hydrogens (tertiary/aromatic N) is 4. The van der Waals surface area contributed by atoms with E-state index in [0.717, 1.165) is 98.8 Å². The van der Waals surface area contributed by atoms with Gasteiger partial charge in [0.1, 0.15) is 0 Å². The van der Waals surface area contributed by atoms with E-state index in [-0.39, 0.29) is 0 Å². The van der Waals surface area contributed by atoms with E-state index in [9.17, 15) is 5.26 Å². The van der Waals surface area contributed by atoms with Crippen molar-refractivity contribution in [1.82, 2.24) is 0 Å². The third-order valence-corrected chi connectivity index (χ3v) is 11.8. The average molecular weight is 763 g/mol. The minimum absolute atomic E-state index is 0.607. The molecule has 0 fully saturated rings. The van der Waals surface area contributed by atoms with Gasteiger partial charge < -0.3 is 9.80 Å². The summed E-state index contributed by atoms with van der Waals surface area (Å²) in [6, 6.07) is 74.5. The van der Waals surface area contributed by atoms with Crippen molar-refractivity contribution >= 4 is 104 Å². The SMILES string of the molecule is [C-]#[N+]c1ccc2c(c1)c1cc(N(c3ccccc3)c3ccccc3)ccc1c1cc3c4ccc(C#N)cc4c4cc(N(c5ccccc5)c5ccccc5)ccc4c3cc21. The van der Waals surface area contributed by atoms with Gasteiger partial charge in [0.2, 0.25) is 0 Å². The van der Waals surface area contributed by atoms with E-state index in [1.165, 1.54) is 0 Å². The van der Waals surface area contributed by atoms with Crippen molar-refractivity contribution < 1.29 is 0 Å². The smallest absolute Gasteiger partial charge is 0.187 e. The molecule has 0 heterocycles. The third kappa shape index (κ3) is 5.67. The molecule has 0 aliphatic rings. The molecule has 0 spiro atoms. The molecule has 11 rings (SSSR count). The molecule has 0 aliphatic heterocycles. The summed E-state index contributed by atoms with van der Waals surface area (Å²) >= 11 is 0. The summed E-state index contributed by atoms with van der Waals surface area (Å²) in [7, 11) is 0. The van der Waals surface area contributed by atoms with Crippen LogP contribution in [0.3, 0.4) is 0 Å². The highest BCUT2D eigenvalue weighted by atomic mass is 15.1. The van der Waals surface area contributed by atoms with Gasteiger partial charge in [-0.15, -0.1) is 0 Å². The van der Waals surface area contributed by atoms with Crippen LogP contribution in [0.15, 0.2) is 206 Å². The zero-order chi connectivity index (χ0) is 40.2. The summed E-state index contributed by atoms with van der Waals surface area (Å²) in [4.78, 5) is 8.44. The second-order valence-electron chi connectivity index (χ2n) is 15.1. The normalized spacial score (nSPS) is 11.3. The van der Waals surface area contributed by atoms with Gasteiger partial charge in [-0.3, -0.25) is 0 Å². The van der Waals surface area contributed by atoms with Gasteiger partial charge in [0.05, 0.1) is 18.2 Å². The third-order valence-electron chi connectivity index (χ3n) is 11.8. The van der Waals surface area contributed by atoms with Crippen molar-refractivity contribution in [3.63, 3.8) is 0 Å². The van der Waals surface area contributed by atoms with Crippen molar-refractivity contribution in [3.8, 4) is 6.07 Å². The van der Waals surface area contributed by atoms with Gasteiger partial charge in [-0.05, 0) is 168 Å². The largest absolute Gasteiger partial charge is 0.310 e. The molecule has 0 saturated heterocycles. The first-order valence-electron chi connectivity index (χ1n) is 20.0. The van der Waals surface area contributed by atoms with Crippen LogP contribution in [0.2, 0.25) is 0 Å². The van der Waals surface area contributed by atoms with Crippen LogP contribution in [-0.2, 0) is 0 Å². The van der Waals surface area contributed by atoms with Crippen LogP contribution in [0, 0.1) is 17.9 Å². The number of nitriles is 1. The number of para-hydroxylation sites is 4. The molecular weight excluding hydrogens is 729 g/mol. The van der Waals surface area contributed by atoms with Crippen LogP contribution in [0.4, 0.5) is 39.8 Å². The van der Waals surface area contributed by atoms with Crippen LogP contribution in [0.1, 0.15) is 5.56 Å². The fraction of sp³-hybridized carbons (Fsp3) is 0. The van der Waals surface area contributed by atoms with E-state index in [4.69, 9.17) is 6.57 Å². The van der Waals surface area contributed by atoms with Crippen molar-refractivity contribution in [1.29, 1.82) is 5.26 Å². The summed E-state index contributed by atoms with van der Waals surface area (Å²) in [6.07, 6.45) is 0. The van der Waals surface area contributed by atoms with Crippen molar-refractivity contribution in [2.45, 2.75) is 0 Å². The van der Waals surface area contributed by atoms with E-state index in [1.54, 1.807) is 0 Å². The predicted octanol–water partition coefficient (Wildman–Crippen LogP) is 16.0. The second kappa shape index (κ2) is 14.2. The van der Waals surface area contributed by atoms with Crippen molar-refractivity contribution in [2.75, 3.05) is 9.80 Å². The number of hydrogen-bond acceptors (Lipinski definition) is 3. The van der Waals surface area contributed by atoms with Crippen LogP contribution >= 0.6 is 0 Å². The highest BCUT2D eigenvalue weighted by molar-refractivity contribution is 6.33. The van der Waals surface area contributed by atoms with Gasteiger partial charge in [-0.1, -0.05) is 103 Å². The number of rotatable bonds is 6. The molecule has 278 valence electrons.